The van der Waals surface area contributed by atoms with E-state index in [0.717, 1.165) is 44.5 Å². The average molecular weight is 696 g/mol. The zero-order chi connectivity index (χ0) is 38.0. The lowest BCUT2D eigenvalue weighted by molar-refractivity contribution is 0.589. The number of aryl methyl sites for hydroxylation is 2. The number of nitrogens with zero attached hydrogens (tertiary/aromatic N) is 5. The average Bonchev–Trinajstić information content (AvgIpc) is 3.43. The number of fused-ring (bicyclic) bond motifs is 3. The number of rotatable bonds is 4. The van der Waals surface area contributed by atoms with Crippen LogP contribution in [0.15, 0.2) is 97.1 Å². The van der Waals surface area contributed by atoms with Crippen LogP contribution in [0.3, 0.4) is 0 Å². The monoisotopic (exact) mass is 695 g/mol. The quantitative estimate of drug-likeness (QED) is 0.184. The van der Waals surface area contributed by atoms with Crippen LogP contribution in [0, 0.1) is 25.2 Å². The van der Waals surface area contributed by atoms with Gasteiger partial charge in [-0.05, 0) is 107 Å². The highest BCUT2D eigenvalue weighted by molar-refractivity contribution is 6.10. The van der Waals surface area contributed by atoms with E-state index in [-0.39, 0.29) is 16.2 Å². The number of hydrogen-bond acceptors (Lipinski definition) is 4. The van der Waals surface area contributed by atoms with E-state index in [0.29, 0.717) is 23.0 Å². The molecule has 2 heterocycles. The maximum Gasteiger partial charge on any atom is 0.166 e. The minimum Gasteiger partial charge on any atom is -0.309 e. The Morgan fingerprint density at radius 2 is 1.04 bits per heavy atom. The lowest BCUT2D eigenvalue weighted by Gasteiger charge is -2.22. The second kappa shape index (κ2) is 12.8. The van der Waals surface area contributed by atoms with Gasteiger partial charge >= 0.3 is 0 Å². The van der Waals surface area contributed by atoms with Crippen LogP contribution in [0.25, 0.3) is 61.7 Å². The molecule has 0 N–H and O–H groups in total. The fourth-order valence-corrected chi connectivity index (χ4v) is 7.12. The van der Waals surface area contributed by atoms with Crippen LogP contribution < -0.4 is 0 Å². The van der Waals surface area contributed by atoms with Crippen LogP contribution in [0.5, 0.6) is 0 Å². The first kappa shape index (κ1) is 35.8. The van der Waals surface area contributed by atoms with Crippen LogP contribution in [-0.2, 0) is 16.2 Å². The van der Waals surface area contributed by atoms with E-state index in [4.69, 9.17) is 15.0 Å². The van der Waals surface area contributed by atoms with Gasteiger partial charge in [0.1, 0.15) is 0 Å². The van der Waals surface area contributed by atoms with Gasteiger partial charge in [-0.2, -0.15) is 5.26 Å². The number of hydrogen-bond donors (Lipinski definition) is 0. The number of nitriles is 1. The first-order valence-corrected chi connectivity index (χ1v) is 18.5. The van der Waals surface area contributed by atoms with Gasteiger partial charge in [-0.15, -0.1) is 0 Å². The molecule has 0 unspecified atom stereocenters. The highest BCUT2D eigenvalue weighted by Gasteiger charge is 2.24. The molecule has 0 bridgehead atoms. The van der Waals surface area contributed by atoms with Gasteiger partial charge in [0.25, 0.3) is 0 Å². The predicted octanol–water partition coefficient (Wildman–Crippen LogP) is 12.4. The SMILES string of the molecule is Cc1cc(-c2nc(-c3cc(C)cc(C(C)(C)C)c3)nc(-c3cc(C#N)ccc3-n3c4ccccc4c4cc(C(C)(C)C)ccc43)n2)cc(C(C)(C)C)c1. The summed E-state index contributed by atoms with van der Waals surface area (Å²) in [5, 5.41) is 12.6. The minimum atomic E-state index is -0.0602. The summed E-state index contributed by atoms with van der Waals surface area (Å²) in [4.78, 5) is 15.7. The van der Waals surface area contributed by atoms with Crippen molar-refractivity contribution in [3.63, 3.8) is 0 Å². The standard InChI is InChI=1S/C48H49N5/c1-29-20-32(25-35(22-29)47(6,7)8)43-50-44(33-21-30(2)23-36(26-33)48(9,10)11)52-45(51-43)39-24-31(28-49)16-18-42(39)53-40-15-13-12-14-37(40)38-27-34(46(3,4)5)17-19-41(38)53/h12-27H,1-11H3. The molecule has 0 amide bonds. The Hall–Kier alpha value is -5.60. The molecule has 0 saturated carbocycles. The molecule has 266 valence electrons. The van der Waals surface area contributed by atoms with Crippen molar-refractivity contribution in [2.24, 2.45) is 0 Å². The molecule has 5 heteroatoms. The lowest BCUT2D eigenvalue weighted by atomic mass is 9.85. The van der Waals surface area contributed by atoms with Crippen LogP contribution >= 0.6 is 0 Å². The van der Waals surface area contributed by atoms with Crippen LogP contribution in [-0.4, -0.2) is 19.5 Å². The van der Waals surface area contributed by atoms with E-state index < -0.39 is 0 Å². The van der Waals surface area contributed by atoms with E-state index in [2.05, 4.69) is 166 Å². The molecule has 5 aromatic carbocycles. The highest BCUT2D eigenvalue weighted by Crippen LogP contribution is 2.39. The summed E-state index contributed by atoms with van der Waals surface area (Å²) in [6.45, 7) is 24.4. The topological polar surface area (TPSA) is 67.4 Å². The zero-order valence-electron chi connectivity index (χ0n) is 33.0. The molecule has 0 atom stereocenters. The molecule has 7 aromatic rings. The van der Waals surface area contributed by atoms with E-state index in [9.17, 15) is 5.26 Å². The van der Waals surface area contributed by atoms with Crippen molar-refractivity contribution in [3.05, 3.63) is 130 Å². The largest absolute Gasteiger partial charge is 0.309 e. The summed E-state index contributed by atoms with van der Waals surface area (Å²) < 4.78 is 2.30. The third-order valence-corrected chi connectivity index (χ3v) is 10.2. The molecule has 0 aliphatic rings. The first-order valence-electron chi connectivity index (χ1n) is 18.5. The van der Waals surface area contributed by atoms with E-state index in [1.54, 1.807) is 0 Å². The normalized spacial score (nSPS) is 12.4. The number of aromatic nitrogens is 4. The Kier molecular flexibility index (Phi) is 8.65. The van der Waals surface area contributed by atoms with Gasteiger partial charge in [-0.25, -0.2) is 15.0 Å². The third-order valence-electron chi connectivity index (χ3n) is 10.2. The molecule has 7 rings (SSSR count). The van der Waals surface area contributed by atoms with Crippen LogP contribution in [0.4, 0.5) is 0 Å². The van der Waals surface area contributed by atoms with E-state index in [1.807, 2.05) is 18.2 Å². The van der Waals surface area contributed by atoms with Gasteiger partial charge in [0.05, 0.1) is 28.4 Å². The fourth-order valence-electron chi connectivity index (χ4n) is 7.12. The summed E-state index contributed by atoms with van der Waals surface area (Å²) in [6, 6.07) is 36.8. The summed E-state index contributed by atoms with van der Waals surface area (Å²) in [7, 11) is 0. The molecule has 0 radical (unpaired) electrons. The van der Waals surface area contributed by atoms with Crippen molar-refractivity contribution in [3.8, 4) is 45.9 Å². The zero-order valence-corrected chi connectivity index (χ0v) is 33.0. The maximum atomic E-state index is 10.2. The number of para-hydroxylation sites is 1. The second-order valence-corrected chi connectivity index (χ2v) is 17.7. The highest BCUT2D eigenvalue weighted by atomic mass is 15.1. The third kappa shape index (κ3) is 6.87. The van der Waals surface area contributed by atoms with Gasteiger partial charge in [0, 0.05) is 27.5 Å². The summed E-state index contributed by atoms with van der Waals surface area (Å²) in [5.74, 6) is 1.72. The molecule has 0 aliphatic heterocycles. The Bertz CT molecular complexity index is 2510. The summed E-state index contributed by atoms with van der Waals surface area (Å²) in [6.07, 6.45) is 0. The molecular weight excluding hydrogens is 647 g/mol. The predicted molar refractivity (Wildman–Crippen MR) is 221 cm³/mol. The van der Waals surface area contributed by atoms with Gasteiger partial charge in [-0.3, -0.25) is 0 Å². The van der Waals surface area contributed by atoms with Crippen LogP contribution in [0.2, 0.25) is 0 Å². The van der Waals surface area contributed by atoms with Crippen LogP contribution in [0.1, 0.15) is 95.7 Å². The maximum absolute atomic E-state index is 10.2. The Morgan fingerprint density at radius 3 is 1.58 bits per heavy atom. The van der Waals surface area contributed by atoms with E-state index >= 15 is 0 Å². The Morgan fingerprint density at radius 1 is 0.509 bits per heavy atom. The fraction of sp³-hybridized carbons (Fsp3) is 0.292. The van der Waals surface area contributed by atoms with Crippen molar-refractivity contribution in [1.29, 1.82) is 5.26 Å². The Labute approximate surface area is 314 Å². The van der Waals surface area contributed by atoms with Crippen molar-refractivity contribution >= 4 is 21.8 Å². The second-order valence-electron chi connectivity index (χ2n) is 17.7. The first-order chi connectivity index (χ1) is 24.9. The molecule has 53 heavy (non-hydrogen) atoms. The summed E-state index contributed by atoms with van der Waals surface area (Å²) >= 11 is 0. The van der Waals surface area contributed by atoms with Gasteiger partial charge in [0.15, 0.2) is 17.5 Å². The van der Waals surface area contributed by atoms with Crippen molar-refractivity contribution in [1.82, 2.24) is 19.5 Å². The molecule has 5 nitrogen and oxygen atoms in total. The molecule has 0 saturated heterocycles. The van der Waals surface area contributed by atoms with Crippen molar-refractivity contribution < 1.29 is 0 Å². The van der Waals surface area contributed by atoms with Gasteiger partial charge in [-0.1, -0.05) is 110 Å². The van der Waals surface area contributed by atoms with Gasteiger partial charge in [0.2, 0.25) is 0 Å². The van der Waals surface area contributed by atoms with Gasteiger partial charge < -0.3 is 4.57 Å². The smallest absolute Gasteiger partial charge is 0.166 e. The van der Waals surface area contributed by atoms with E-state index in [1.165, 1.54) is 27.5 Å². The molecule has 0 fully saturated rings. The Balaban J connectivity index is 1.56. The summed E-state index contributed by atoms with van der Waals surface area (Å²) in [5.41, 5.74) is 12.1. The lowest BCUT2D eigenvalue weighted by Crippen LogP contribution is -2.12. The molecule has 0 aliphatic carbocycles. The molecule has 0 spiro atoms. The minimum absolute atomic E-state index is 0.0000268. The number of benzene rings is 5. The van der Waals surface area contributed by atoms with Crippen molar-refractivity contribution in [2.45, 2.75) is 92.4 Å². The molecule has 2 aromatic heterocycles. The molecular formula is C48H49N5. The van der Waals surface area contributed by atoms with Crippen molar-refractivity contribution in [2.75, 3.05) is 0 Å².